The summed E-state index contributed by atoms with van der Waals surface area (Å²) in [6, 6.07) is 7.58. The smallest absolute Gasteiger partial charge is 0.332 e. The summed E-state index contributed by atoms with van der Waals surface area (Å²) in [6.45, 7) is 2.55. The van der Waals surface area contributed by atoms with Crippen LogP contribution >= 0.6 is 11.6 Å². The van der Waals surface area contributed by atoms with Crippen LogP contribution in [0.5, 0.6) is 5.75 Å². The highest BCUT2D eigenvalue weighted by Gasteiger charge is 2.23. The molecule has 1 aromatic carbocycles. The van der Waals surface area contributed by atoms with Crippen LogP contribution < -0.4 is 10.6 Å². The van der Waals surface area contributed by atoms with Crippen LogP contribution in [0.2, 0.25) is 5.02 Å². The minimum absolute atomic E-state index is 0.0211. The molecule has 0 amide bonds. The Morgan fingerprint density at radius 3 is 2.90 bits per heavy atom. The van der Waals surface area contributed by atoms with Crippen LogP contribution in [0.1, 0.15) is 19.8 Å². The lowest BCUT2D eigenvalue weighted by atomic mass is 10.1. The van der Waals surface area contributed by atoms with Gasteiger partial charge in [0, 0.05) is 11.4 Å². The number of benzene rings is 1. The van der Waals surface area contributed by atoms with Gasteiger partial charge in [0.15, 0.2) is 0 Å². The number of nitrogens with two attached hydrogens (primary N) is 1. The van der Waals surface area contributed by atoms with E-state index in [1.165, 1.54) is 0 Å². The molecule has 0 bridgehead atoms. The Hall–Kier alpha value is -1.82. The van der Waals surface area contributed by atoms with E-state index in [9.17, 15) is 0 Å². The molecule has 1 aliphatic heterocycles. The fourth-order valence-electron chi connectivity index (χ4n) is 1.93. The van der Waals surface area contributed by atoms with Gasteiger partial charge in [-0.3, -0.25) is 0 Å². The predicted octanol–water partition coefficient (Wildman–Crippen LogP) is 2.97. The molecule has 108 valence electrons. The minimum atomic E-state index is 0.0211. The van der Waals surface area contributed by atoms with Crippen molar-refractivity contribution in [2.24, 2.45) is 21.2 Å². The quantitative estimate of drug-likeness (QED) is 0.515. The molecule has 2 N–H and O–H groups in total. The average molecular weight is 297 g/mol. The van der Waals surface area contributed by atoms with E-state index in [0.29, 0.717) is 11.6 Å². The molecule has 0 aliphatic carbocycles. The molecule has 1 heterocycles. The number of amidine groups is 1. The Labute approximate surface area is 122 Å². The Morgan fingerprint density at radius 2 is 2.25 bits per heavy atom. The first-order chi connectivity index (χ1) is 9.71. The largest absolute Gasteiger partial charge is 0.490 e. The first kappa shape index (κ1) is 14.6. The van der Waals surface area contributed by atoms with Gasteiger partial charge in [-0.05, 0) is 30.7 Å². The van der Waals surface area contributed by atoms with Gasteiger partial charge in [0.1, 0.15) is 18.5 Å². The molecular weight excluding hydrogens is 280 g/mol. The monoisotopic (exact) mass is 296 g/mol. The van der Waals surface area contributed by atoms with Crippen LogP contribution in [0.3, 0.4) is 0 Å². The van der Waals surface area contributed by atoms with E-state index in [0.717, 1.165) is 18.6 Å². The van der Waals surface area contributed by atoms with Crippen molar-refractivity contribution in [3.63, 3.8) is 0 Å². The van der Waals surface area contributed by atoms with E-state index in [4.69, 9.17) is 26.9 Å². The van der Waals surface area contributed by atoms with E-state index in [1.807, 2.05) is 12.1 Å². The van der Waals surface area contributed by atoms with Gasteiger partial charge in [0.05, 0.1) is 6.04 Å². The molecule has 0 radical (unpaired) electrons. The van der Waals surface area contributed by atoms with Crippen LogP contribution in [-0.4, -0.2) is 24.8 Å². The van der Waals surface area contributed by atoms with Crippen molar-refractivity contribution in [2.45, 2.75) is 31.9 Å². The van der Waals surface area contributed by atoms with Gasteiger partial charge < -0.3 is 15.3 Å². The molecule has 1 aromatic rings. The highest BCUT2D eigenvalue weighted by atomic mass is 35.5. The van der Waals surface area contributed by atoms with Gasteiger partial charge in [-0.2, -0.15) is 0 Å². The molecule has 0 unspecified atom stereocenters. The second-order valence-electron chi connectivity index (χ2n) is 4.43. The third-order valence-electron chi connectivity index (χ3n) is 2.95. The van der Waals surface area contributed by atoms with Crippen molar-refractivity contribution in [1.82, 2.24) is 0 Å². The summed E-state index contributed by atoms with van der Waals surface area (Å²) in [4.78, 5) is 4.27. The molecule has 2 rings (SSSR count). The van der Waals surface area contributed by atoms with Crippen molar-refractivity contribution in [2.75, 3.05) is 6.61 Å². The molecule has 0 saturated carbocycles. The average Bonchev–Trinajstić information content (AvgIpc) is 2.88. The third-order valence-corrected chi connectivity index (χ3v) is 3.20. The number of hydrogen-bond acceptors (Lipinski definition) is 5. The van der Waals surface area contributed by atoms with Crippen molar-refractivity contribution in [1.29, 1.82) is 0 Å². The summed E-state index contributed by atoms with van der Waals surface area (Å²) < 4.78 is 11.2. The Morgan fingerprint density at radius 1 is 1.50 bits per heavy atom. The summed E-state index contributed by atoms with van der Waals surface area (Å²) in [6.07, 6.45) is 1.69. The first-order valence-corrected chi connectivity index (χ1v) is 6.82. The lowest BCUT2D eigenvalue weighted by Crippen LogP contribution is -2.22. The molecule has 7 heteroatoms. The number of nitrogens with zero attached hydrogens (tertiary/aromatic N) is 3. The van der Waals surface area contributed by atoms with Gasteiger partial charge in [-0.25, -0.2) is 4.99 Å². The van der Waals surface area contributed by atoms with Gasteiger partial charge in [-0.1, -0.05) is 28.9 Å². The molecular formula is C13H17ClN4O2. The normalized spacial score (nSPS) is 19.7. The maximum absolute atomic E-state index is 5.91. The Bertz CT molecular complexity index is 490. The van der Waals surface area contributed by atoms with Gasteiger partial charge in [0.25, 0.3) is 0 Å². The molecule has 0 aromatic heterocycles. The fraction of sp³-hybridized carbons (Fsp3) is 0.462. The van der Waals surface area contributed by atoms with Crippen molar-refractivity contribution in [3.05, 3.63) is 29.3 Å². The topological polar surface area (TPSA) is 81.6 Å². The minimum Gasteiger partial charge on any atom is -0.490 e. The summed E-state index contributed by atoms with van der Waals surface area (Å²) in [5.41, 5.74) is 0. The molecule has 2 atom stereocenters. The van der Waals surface area contributed by atoms with Crippen molar-refractivity contribution < 1.29 is 9.47 Å². The summed E-state index contributed by atoms with van der Waals surface area (Å²) >= 11 is 5.85. The van der Waals surface area contributed by atoms with Gasteiger partial charge in [-0.15, -0.1) is 0 Å². The molecule has 6 nitrogen and oxygen atoms in total. The fourth-order valence-corrected chi connectivity index (χ4v) is 2.06. The van der Waals surface area contributed by atoms with Gasteiger partial charge in [0.2, 0.25) is 0 Å². The number of halogens is 1. The standard InChI is InChI=1S/C13H17ClN4O2/c1-2-11(20-12-5-3-9(14)4-6-12)7-10-8-19-13(16-10)17-18-15/h3-6,10-11H,2,7-8H2,1H3,(H2,15,16,17)/t10-,11-/m0/s1. The van der Waals surface area contributed by atoms with E-state index in [1.54, 1.807) is 12.1 Å². The molecule has 20 heavy (non-hydrogen) atoms. The Kier molecular flexibility index (Phi) is 5.17. The van der Waals surface area contributed by atoms with E-state index in [-0.39, 0.29) is 18.2 Å². The molecule has 0 saturated heterocycles. The zero-order valence-corrected chi connectivity index (χ0v) is 12.0. The maximum atomic E-state index is 5.91. The predicted molar refractivity (Wildman–Crippen MR) is 77.0 cm³/mol. The zero-order valence-electron chi connectivity index (χ0n) is 11.2. The van der Waals surface area contributed by atoms with Crippen LogP contribution in [0.4, 0.5) is 0 Å². The van der Waals surface area contributed by atoms with Crippen molar-refractivity contribution >= 4 is 17.6 Å². The van der Waals surface area contributed by atoms with E-state index < -0.39 is 0 Å². The Balaban J connectivity index is 1.91. The maximum Gasteiger partial charge on any atom is 0.332 e. The van der Waals surface area contributed by atoms with Crippen LogP contribution in [0, 0.1) is 0 Å². The third kappa shape index (κ3) is 4.09. The summed E-state index contributed by atoms with van der Waals surface area (Å²) in [5.74, 6) is 5.75. The van der Waals surface area contributed by atoms with E-state index >= 15 is 0 Å². The number of hydrogen-bond donors (Lipinski definition) is 1. The SMILES string of the molecule is CC[C@@H](C[C@H]1COC(N=NN)=N1)Oc1ccc(Cl)cc1. The lowest BCUT2D eigenvalue weighted by Gasteiger charge is -2.19. The van der Waals surface area contributed by atoms with Crippen LogP contribution in [-0.2, 0) is 4.74 Å². The van der Waals surface area contributed by atoms with Gasteiger partial charge >= 0.3 is 6.02 Å². The second-order valence-corrected chi connectivity index (χ2v) is 4.87. The highest BCUT2D eigenvalue weighted by Crippen LogP contribution is 2.21. The lowest BCUT2D eigenvalue weighted by molar-refractivity contribution is 0.168. The molecule has 0 spiro atoms. The number of ether oxygens (including phenoxy) is 2. The number of rotatable bonds is 5. The number of aliphatic imine (C=N–C) groups is 1. The van der Waals surface area contributed by atoms with Crippen LogP contribution in [0.15, 0.2) is 39.6 Å². The summed E-state index contributed by atoms with van der Waals surface area (Å²) in [7, 11) is 0. The molecule has 1 aliphatic rings. The van der Waals surface area contributed by atoms with E-state index in [2.05, 4.69) is 22.3 Å². The molecule has 0 fully saturated rings. The van der Waals surface area contributed by atoms with Crippen LogP contribution in [0.25, 0.3) is 0 Å². The van der Waals surface area contributed by atoms with Crippen molar-refractivity contribution in [3.8, 4) is 5.75 Å². The summed E-state index contributed by atoms with van der Waals surface area (Å²) in [5, 5.41) is 7.42. The first-order valence-electron chi connectivity index (χ1n) is 6.45. The highest BCUT2D eigenvalue weighted by molar-refractivity contribution is 6.30. The zero-order chi connectivity index (χ0) is 14.4. The second kappa shape index (κ2) is 7.09.